The molecule has 1 atom stereocenters. The molecule has 2 heterocycles. The summed E-state index contributed by atoms with van der Waals surface area (Å²) < 4.78 is 6.04. The predicted molar refractivity (Wildman–Crippen MR) is 97.6 cm³/mol. The van der Waals surface area contributed by atoms with E-state index in [-0.39, 0.29) is 0 Å². The Kier molecular flexibility index (Phi) is 4.11. The number of hydrogen-bond acceptors (Lipinski definition) is 5. The molecule has 0 spiro atoms. The van der Waals surface area contributed by atoms with E-state index in [4.69, 9.17) is 27.9 Å². The van der Waals surface area contributed by atoms with Crippen molar-refractivity contribution in [3.63, 3.8) is 0 Å². The predicted octanol–water partition coefficient (Wildman–Crippen LogP) is 4.32. The van der Waals surface area contributed by atoms with Crippen LogP contribution in [-0.2, 0) is 16.0 Å². The number of fused-ring (bicyclic) bond motifs is 2. The molecule has 1 aromatic heterocycles. The average Bonchev–Trinajstić information content (AvgIpc) is 3.01. The van der Waals surface area contributed by atoms with Crippen LogP contribution in [-0.4, -0.2) is 23.0 Å². The number of nitrogens with one attached hydrogen (secondary N) is 1. The number of ether oxygens (including phenoxy) is 1. The third-order valence-corrected chi connectivity index (χ3v) is 5.60. The molecule has 2 aromatic carbocycles. The number of hydrogen-bond donors (Lipinski definition) is 1. The first kappa shape index (κ1) is 16.3. The van der Waals surface area contributed by atoms with Crippen molar-refractivity contribution >= 4 is 61.8 Å². The second-order valence-electron chi connectivity index (χ2n) is 5.47. The van der Waals surface area contributed by atoms with Gasteiger partial charge in [0.05, 0.1) is 20.3 Å². The Morgan fingerprint density at radius 2 is 2.04 bits per heavy atom. The molecule has 5 nitrogen and oxygen atoms in total. The highest BCUT2D eigenvalue weighted by Crippen LogP contribution is 2.35. The van der Waals surface area contributed by atoms with Crippen LogP contribution in [0.25, 0.3) is 10.2 Å². The summed E-state index contributed by atoms with van der Waals surface area (Å²) in [7, 11) is 0. The van der Waals surface area contributed by atoms with Crippen LogP contribution in [0.2, 0.25) is 10.0 Å². The Morgan fingerprint density at radius 3 is 2.88 bits per heavy atom. The standard InChI is InChI=1S/C17H10Cl2N2O3S/c18-10-5-6-12-14(13(10)19)20-17(25-12)21-15(22)11-7-8-3-1-2-4-9(8)16(23)24-11/h1-6,11H,7H2,(H,20,21,22)/t11-/m1/s1. The lowest BCUT2D eigenvalue weighted by Crippen LogP contribution is -2.37. The molecule has 0 saturated heterocycles. The summed E-state index contributed by atoms with van der Waals surface area (Å²) >= 11 is 13.4. The highest BCUT2D eigenvalue weighted by molar-refractivity contribution is 7.22. The molecule has 0 saturated carbocycles. The molecule has 25 heavy (non-hydrogen) atoms. The van der Waals surface area contributed by atoms with E-state index in [0.717, 1.165) is 10.3 Å². The van der Waals surface area contributed by atoms with Crippen LogP contribution < -0.4 is 5.32 Å². The van der Waals surface area contributed by atoms with E-state index in [2.05, 4.69) is 10.3 Å². The lowest BCUT2D eigenvalue weighted by Gasteiger charge is -2.23. The maximum atomic E-state index is 12.5. The molecule has 1 amide bonds. The van der Waals surface area contributed by atoms with Crippen LogP contribution in [0.1, 0.15) is 15.9 Å². The summed E-state index contributed by atoms with van der Waals surface area (Å²) in [6.07, 6.45) is -0.570. The van der Waals surface area contributed by atoms with Gasteiger partial charge in [0.15, 0.2) is 11.2 Å². The van der Waals surface area contributed by atoms with Crippen LogP contribution in [0.3, 0.4) is 0 Å². The second-order valence-corrected chi connectivity index (χ2v) is 7.29. The number of halogens is 2. The number of rotatable bonds is 2. The number of carbonyl (C=O) groups excluding carboxylic acids is 2. The summed E-state index contributed by atoms with van der Waals surface area (Å²) in [6, 6.07) is 10.5. The number of anilines is 1. The van der Waals surface area contributed by atoms with Gasteiger partial charge in [-0.05, 0) is 23.8 Å². The van der Waals surface area contributed by atoms with Crippen molar-refractivity contribution in [1.82, 2.24) is 4.98 Å². The summed E-state index contributed by atoms with van der Waals surface area (Å²) in [5, 5.41) is 3.80. The molecule has 1 N–H and O–H groups in total. The molecule has 0 aliphatic carbocycles. The summed E-state index contributed by atoms with van der Waals surface area (Å²) in [6.45, 7) is 0. The first-order valence-electron chi connectivity index (χ1n) is 7.37. The van der Waals surface area contributed by atoms with E-state index in [1.807, 2.05) is 12.1 Å². The van der Waals surface area contributed by atoms with E-state index in [9.17, 15) is 9.59 Å². The monoisotopic (exact) mass is 392 g/mol. The van der Waals surface area contributed by atoms with Crippen LogP contribution in [0.15, 0.2) is 36.4 Å². The smallest absolute Gasteiger partial charge is 0.339 e. The zero-order valence-electron chi connectivity index (χ0n) is 12.6. The van der Waals surface area contributed by atoms with E-state index in [1.54, 1.807) is 24.3 Å². The highest BCUT2D eigenvalue weighted by atomic mass is 35.5. The molecule has 4 rings (SSSR count). The van der Waals surface area contributed by atoms with Gasteiger partial charge in [0.2, 0.25) is 0 Å². The van der Waals surface area contributed by atoms with Gasteiger partial charge in [-0.15, -0.1) is 0 Å². The molecule has 0 unspecified atom stereocenters. The topological polar surface area (TPSA) is 68.3 Å². The zero-order valence-corrected chi connectivity index (χ0v) is 14.9. The van der Waals surface area contributed by atoms with Crippen molar-refractivity contribution in [1.29, 1.82) is 0 Å². The van der Waals surface area contributed by atoms with Gasteiger partial charge in [-0.1, -0.05) is 52.7 Å². The molecule has 0 bridgehead atoms. The van der Waals surface area contributed by atoms with Gasteiger partial charge in [0.1, 0.15) is 5.52 Å². The fourth-order valence-corrected chi connectivity index (χ4v) is 3.95. The van der Waals surface area contributed by atoms with Gasteiger partial charge in [-0.25, -0.2) is 9.78 Å². The van der Waals surface area contributed by atoms with E-state index < -0.39 is 18.0 Å². The van der Waals surface area contributed by atoms with Crippen LogP contribution in [0, 0.1) is 0 Å². The van der Waals surface area contributed by atoms with E-state index in [0.29, 0.717) is 32.7 Å². The van der Waals surface area contributed by atoms with Gasteiger partial charge in [0, 0.05) is 6.42 Å². The number of esters is 1. The molecule has 1 aliphatic rings. The number of benzene rings is 2. The second kappa shape index (κ2) is 6.29. The number of thiazole rings is 1. The number of aromatic nitrogens is 1. The fourth-order valence-electron chi connectivity index (χ4n) is 2.65. The first-order chi connectivity index (χ1) is 12.0. The largest absolute Gasteiger partial charge is 0.448 e. The maximum Gasteiger partial charge on any atom is 0.339 e. The number of amides is 1. The van der Waals surface area contributed by atoms with Gasteiger partial charge in [-0.3, -0.25) is 10.1 Å². The molecule has 0 radical (unpaired) electrons. The van der Waals surface area contributed by atoms with E-state index in [1.165, 1.54) is 11.3 Å². The third-order valence-electron chi connectivity index (χ3n) is 3.87. The van der Waals surface area contributed by atoms with Crippen LogP contribution >= 0.6 is 34.5 Å². The average molecular weight is 393 g/mol. The Hall–Kier alpha value is -2.15. The third kappa shape index (κ3) is 2.97. The van der Waals surface area contributed by atoms with E-state index >= 15 is 0 Å². The number of cyclic esters (lactones) is 1. The lowest BCUT2D eigenvalue weighted by atomic mass is 9.98. The molecular formula is C17H10Cl2N2O3S. The molecule has 0 fully saturated rings. The van der Waals surface area contributed by atoms with Gasteiger partial charge in [0.25, 0.3) is 5.91 Å². The van der Waals surface area contributed by atoms with Crippen LogP contribution in [0.4, 0.5) is 5.13 Å². The van der Waals surface area contributed by atoms with Crippen molar-refractivity contribution in [2.75, 3.05) is 5.32 Å². The molecular weight excluding hydrogens is 383 g/mol. The van der Waals surface area contributed by atoms with Crippen molar-refractivity contribution in [3.8, 4) is 0 Å². The quantitative estimate of drug-likeness (QED) is 0.659. The van der Waals surface area contributed by atoms with Crippen molar-refractivity contribution < 1.29 is 14.3 Å². The van der Waals surface area contributed by atoms with Gasteiger partial charge in [-0.2, -0.15) is 0 Å². The highest BCUT2D eigenvalue weighted by Gasteiger charge is 2.31. The minimum absolute atomic E-state index is 0.325. The Morgan fingerprint density at radius 1 is 1.24 bits per heavy atom. The van der Waals surface area contributed by atoms with Crippen LogP contribution in [0.5, 0.6) is 0 Å². The minimum atomic E-state index is -0.895. The molecule has 3 aromatic rings. The van der Waals surface area contributed by atoms with Crippen molar-refractivity contribution in [3.05, 3.63) is 57.6 Å². The molecule has 1 aliphatic heterocycles. The lowest BCUT2D eigenvalue weighted by molar-refractivity contribution is -0.125. The molecule has 8 heteroatoms. The first-order valence-corrected chi connectivity index (χ1v) is 8.94. The van der Waals surface area contributed by atoms with Crippen molar-refractivity contribution in [2.24, 2.45) is 0 Å². The number of carbonyl (C=O) groups is 2. The Balaban J connectivity index is 1.57. The van der Waals surface area contributed by atoms with Crippen molar-refractivity contribution in [2.45, 2.75) is 12.5 Å². The summed E-state index contributed by atoms with van der Waals surface area (Å²) in [5.41, 5.74) is 1.81. The Labute approximate surface area is 156 Å². The summed E-state index contributed by atoms with van der Waals surface area (Å²) in [5.74, 6) is -0.926. The zero-order chi connectivity index (χ0) is 17.6. The van der Waals surface area contributed by atoms with Gasteiger partial charge < -0.3 is 4.74 Å². The Bertz CT molecular complexity index is 1020. The SMILES string of the molecule is O=C1O[C@@H](C(=O)Nc2nc3c(Cl)c(Cl)ccc3s2)Cc2ccccc21. The minimum Gasteiger partial charge on any atom is -0.448 e. The molecule has 126 valence electrons. The normalized spacial score (nSPS) is 16.4. The summed E-state index contributed by atoms with van der Waals surface area (Å²) in [4.78, 5) is 28.8. The van der Waals surface area contributed by atoms with Gasteiger partial charge >= 0.3 is 5.97 Å². The maximum absolute atomic E-state index is 12.5. The fraction of sp³-hybridized carbons (Fsp3) is 0.118. The number of nitrogens with zero attached hydrogens (tertiary/aromatic N) is 1.